The van der Waals surface area contributed by atoms with Gasteiger partial charge in [0.05, 0.1) is 4.47 Å². The summed E-state index contributed by atoms with van der Waals surface area (Å²) < 4.78 is 0.733. The predicted molar refractivity (Wildman–Crippen MR) is 76.6 cm³/mol. The molecule has 4 heteroatoms. The second kappa shape index (κ2) is 6.62. The van der Waals surface area contributed by atoms with Crippen molar-refractivity contribution >= 4 is 28.3 Å². The summed E-state index contributed by atoms with van der Waals surface area (Å²) in [6.07, 6.45) is 6.43. The number of nitrogens with two attached hydrogens (primary N) is 1. The summed E-state index contributed by atoms with van der Waals surface area (Å²) in [4.78, 5) is 0. The second-order valence-electron chi connectivity index (χ2n) is 4.63. The Morgan fingerprint density at radius 2 is 1.88 bits per heavy atom. The summed E-state index contributed by atoms with van der Waals surface area (Å²) >= 11 is 3.33. The number of hydrogen-bond donors (Lipinski definition) is 2. The van der Waals surface area contributed by atoms with Gasteiger partial charge in [-0.05, 0) is 52.4 Å². The van der Waals surface area contributed by atoms with E-state index >= 15 is 0 Å². The summed E-state index contributed by atoms with van der Waals surface area (Å²) in [6, 6.07) is 5.69. The zero-order chi connectivity index (χ0) is 11.5. The minimum Gasteiger partial charge on any atom is -0.507 e. The molecular weight excluding hydrogens is 302 g/mol. The first-order chi connectivity index (χ1) is 7.68. The Morgan fingerprint density at radius 1 is 1.24 bits per heavy atom. The SMILES string of the molecule is Cl.N[C@H](c1ccc(O)c(Br)c1)C1CCCCC1. The van der Waals surface area contributed by atoms with E-state index in [9.17, 15) is 5.11 Å². The molecule has 0 spiro atoms. The topological polar surface area (TPSA) is 46.2 Å². The summed E-state index contributed by atoms with van der Waals surface area (Å²) in [5, 5.41) is 9.45. The van der Waals surface area contributed by atoms with Gasteiger partial charge in [0.15, 0.2) is 0 Å². The quantitative estimate of drug-likeness (QED) is 0.859. The Morgan fingerprint density at radius 3 is 2.47 bits per heavy atom. The molecule has 1 aromatic carbocycles. The van der Waals surface area contributed by atoms with Crippen molar-refractivity contribution < 1.29 is 5.11 Å². The number of benzene rings is 1. The first-order valence-corrected chi connectivity index (χ1v) is 6.72. The molecule has 2 nitrogen and oxygen atoms in total. The van der Waals surface area contributed by atoms with Gasteiger partial charge < -0.3 is 10.8 Å². The lowest BCUT2D eigenvalue weighted by molar-refractivity contribution is 0.308. The van der Waals surface area contributed by atoms with Crippen LogP contribution < -0.4 is 5.73 Å². The Labute approximate surface area is 117 Å². The van der Waals surface area contributed by atoms with Crippen LogP contribution in [0.3, 0.4) is 0 Å². The second-order valence-corrected chi connectivity index (χ2v) is 5.49. The molecular formula is C13H19BrClNO. The molecule has 0 bridgehead atoms. The molecule has 0 aromatic heterocycles. The molecule has 1 aliphatic carbocycles. The molecule has 1 aromatic rings. The third-order valence-corrected chi connectivity index (χ3v) is 4.15. The minimum atomic E-state index is 0. The molecule has 3 N–H and O–H groups in total. The van der Waals surface area contributed by atoms with Gasteiger partial charge in [-0.2, -0.15) is 0 Å². The van der Waals surface area contributed by atoms with E-state index in [2.05, 4.69) is 15.9 Å². The first-order valence-electron chi connectivity index (χ1n) is 5.92. The van der Waals surface area contributed by atoms with Crippen LogP contribution in [0, 0.1) is 5.92 Å². The standard InChI is InChI=1S/C13H18BrNO.ClH/c14-11-8-10(6-7-12(11)16)13(15)9-4-2-1-3-5-9;/h6-9,13,16H,1-5,15H2;1H/t13-;/m0./s1. The van der Waals surface area contributed by atoms with E-state index in [0.717, 1.165) is 10.0 Å². The third kappa shape index (κ3) is 3.60. The normalized spacial score (nSPS) is 18.5. The lowest BCUT2D eigenvalue weighted by Crippen LogP contribution is -2.23. The van der Waals surface area contributed by atoms with Crippen LogP contribution in [0.2, 0.25) is 0 Å². The molecule has 2 rings (SSSR count). The lowest BCUT2D eigenvalue weighted by atomic mass is 9.81. The van der Waals surface area contributed by atoms with Crippen molar-refractivity contribution in [3.8, 4) is 5.75 Å². The highest BCUT2D eigenvalue weighted by Gasteiger charge is 2.22. The van der Waals surface area contributed by atoms with Crippen molar-refractivity contribution in [2.75, 3.05) is 0 Å². The van der Waals surface area contributed by atoms with Crippen LogP contribution in [-0.4, -0.2) is 5.11 Å². The van der Waals surface area contributed by atoms with Crippen LogP contribution in [0.1, 0.15) is 43.7 Å². The molecule has 0 aliphatic heterocycles. The summed E-state index contributed by atoms with van der Waals surface area (Å²) in [6.45, 7) is 0. The summed E-state index contributed by atoms with van der Waals surface area (Å²) in [5.74, 6) is 0.879. The first kappa shape index (κ1) is 14.8. The maximum absolute atomic E-state index is 9.45. The minimum absolute atomic E-state index is 0. The van der Waals surface area contributed by atoms with Gasteiger partial charge in [-0.1, -0.05) is 25.3 Å². The largest absolute Gasteiger partial charge is 0.507 e. The molecule has 0 saturated heterocycles. The molecule has 0 unspecified atom stereocenters. The van der Waals surface area contributed by atoms with E-state index in [4.69, 9.17) is 5.73 Å². The molecule has 0 radical (unpaired) electrons. The molecule has 17 heavy (non-hydrogen) atoms. The van der Waals surface area contributed by atoms with Crippen LogP contribution in [0.15, 0.2) is 22.7 Å². The van der Waals surface area contributed by atoms with E-state index in [-0.39, 0.29) is 24.2 Å². The number of rotatable bonds is 2. The fourth-order valence-electron chi connectivity index (χ4n) is 2.50. The smallest absolute Gasteiger partial charge is 0.129 e. The fourth-order valence-corrected chi connectivity index (χ4v) is 2.89. The summed E-state index contributed by atoms with van der Waals surface area (Å²) in [7, 11) is 0. The number of aromatic hydroxyl groups is 1. The zero-order valence-electron chi connectivity index (χ0n) is 9.73. The molecule has 0 heterocycles. The van der Waals surface area contributed by atoms with Crippen molar-refractivity contribution in [1.29, 1.82) is 0 Å². The van der Waals surface area contributed by atoms with Crippen LogP contribution >= 0.6 is 28.3 Å². The van der Waals surface area contributed by atoms with Gasteiger partial charge in [-0.3, -0.25) is 0 Å². The van der Waals surface area contributed by atoms with Gasteiger partial charge >= 0.3 is 0 Å². The van der Waals surface area contributed by atoms with Gasteiger partial charge in [0.1, 0.15) is 5.75 Å². The Balaban J connectivity index is 0.00000144. The number of phenols is 1. The maximum Gasteiger partial charge on any atom is 0.129 e. The van der Waals surface area contributed by atoms with Crippen LogP contribution in [0.5, 0.6) is 5.75 Å². The Kier molecular flexibility index (Phi) is 5.77. The van der Waals surface area contributed by atoms with E-state index in [0.29, 0.717) is 5.92 Å². The average Bonchev–Trinajstić information content (AvgIpc) is 2.33. The lowest BCUT2D eigenvalue weighted by Gasteiger charge is -2.27. The highest BCUT2D eigenvalue weighted by atomic mass is 79.9. The fraction of sp³-hybridized carbons (Fsp3) is 0.538. The molecule has 0 amide bonds. The molecule has 1 aliphatic rings. The predicted octanol–water partition coefficient (Wildman–Crippen LogP) is 4.16. The van der Waals surface area contributed by atoms with Crippen molar-refractivity contribution in [2.45, 2.75) is 38.1 Å². The average molecular weight is 321 g/mol. The molecule has 1 saturated carbocycles. The van der Waals surface area contributed by atoms with Crippen LogP contribution in [-0.2, 0) is 0 Å². The van der Waals surface area contributed by atoms with E-state index in [1.165, 1.54) is 32.1 Å². The van der Waals surface area contributed by atoms with Gasteiger partial charge in [-0.15, -0.1) is 12.4 Å². The number of phenolic OH excluding ortho intramolecular Hbond substituents is 1. The summed E-state index contributed by atoms with van der Waals surface area (Å²) in [5.41, 5.74) is 7.41. The molecule has 96 valence electrons. The van der Waals surface area contributed by atoms with E-state index in [1.54, 1.807) is 6.07 Å². The highest BCUT2D eigenvalue weighted by molar-refractivity contribution is 9.10. The maximum atomic E-state index is 9.45. The monoisotopic (exact) mass is 319 g/mol. The Bertz CT molecular complexity index is 366. The van der Waals surface area contributed by atoms with Crippen molar-refractivity contribution in [3.05, 3.63) is 28.2 Å². The van der Waals surface area contributed by atoms with E-state index in [1.807, 2.05) is 12.1 Å². The zero-order valence-corrected chi connectivity index (χ0v) is 12.1. The van der Waals surface area contributed by atoms with Gasteiger partial charge in [0.25, 0.3) is 0 Å². The van der Waals surface area contributed by atoms with Gasteiger partial charge in [0.2, 0.25) is 0 Å². The highest BCUT2D eigenvalue weighted by Crippen LogP contribution is 2.35. The third-order valence-electron chi connectivity index (χ3n) is 3.51. The van der Waals surface area contributed by atoms with Gasteiger partial charge in [-0.25, -0.2) is 0 Å². The molecule has 1 fully saturated rings. The van der Waals surface area contributed by atoms with Gasteiger partial charge in [0, 0.05) is 6.04 Å². The van der Waals surface area contributed by atoms with Crippen LogP contribution in [0.4, 0.5) is 0 Å². The van der Waals surface area contributed by atoms with E-state index < -0.39 is 0 Å². The van der Waals surface area contributed by atoms with Crippen LogP contribution in [0.25, 0.3) is 0 Å². The number of hydrogen-bond acceptors (Lipinski definition) is 2. The molecule has 1 atom stereocenters. The Hall–Kier alpha value is -0.250. The van der Waals surface area contributed by atoms with Crippen molar-refractivity contribution in [2.24, 2.45) is 11.7 Å². The number of halogens is 2. The van der Waals surface area contributed by atoms with Crippen molar-refractivity contribution in [3.63, 3.8) is 0 Å². The van der Waals surface area contributed by atoms with Crippen molar-refractivity contribution in [1.82, 2.24) is 0 Å².